The molecule has 4 nitrogen and oxygen atoms in total. The average Bonchev–Trinajstić information content (AvgIpc) is 2.90. The minimum atomic E-state index is 0.596. The van der Waals surface area contributed by atoms with Crippen LogP contribution in [0, 0.1) is 0 Å². The molecular weight excluding hydrogens is 200 g/mol. The van der Waals surface area contributed by atoms with E-state index < -0.39 is 0 Å². The Morgan fingerprint density at radius 2 is 2.56 bits per heavy atom. The number of rotatable bonds is 6. The number of hydrogen-bond donors (Lipinski definition) is 2. The van der Waals surface area contributed by atoms with Gasteiger partial charge in [-0.2, -0.15) is 0 Å². The largest absolute Gasteiger partial charge is 0.336 e. The lowest BCUT2D eigenvalue weighted by atomic mass is 10.1. The summed E-state index contributed by atoms with van der Waals surface area (Å²) in [5, 5.41) is 7.10. The van der Waals surface area contributed by atoms with Crippen molar-refractivity contribution in [1.29, 1.82) is 0 Å². The summed E-state index contributed by atoms with van der Waals surface area (Å²) in [6.07, 6.45) is 9.62. The average molecular weight is 222 g/mol. The van der Waals surface area contributed by atoms with Gasteiger partial charge < -0.3 is 15.2 Å². The number of nitrogens with one attached hydrogen (secondary N) is 2. The van der Waals surface area contributed by atoms with Crippen molar-refractivity contribution in [2.24, 2.45) is 0 Å². The van der Waals surface area contributed by atoms with E-state index in [1.807, 2.05) is 18.7 Å². The fourth-order valence-electron chi connectivity index (χ4n) is 2.33. The highest BCUT2D eigenvalue weighted by atomic mass is 15.1. The van der Waals surface area contributed by atoms with Gasteiger partial charge in [0.1, 0.15) is 0 Å². The van der Waals surface area contributed by atoms with Crippen molar-refractivity contribution in [3.05, 3.63) is 18.7 Å². The van der Waals surface area contributed by atoms with Gasteiger partial charge >= 0.3 is 0 Å². The molecular formula is C12H22N4. The molecule has 0 bridgehead atoms. The van der Waals surface area contributed by atoms with E-state index in [1.54, 1.807) is 0 Å². The molecule has 2 rings (SSSR count). The summed E-state index contributed by atoms with van der Waals surface area (Å²) in [4.78, 5) is 4.03. The molecule has 4 heteroatoms. The SMILES string of the molecule is CC(CC1CCCN1)NCCn1ccnc1. The molecule has 0 aromatic carbocycles. The molecule has 0 spiro atoms. The molecule has 0 saturated carbocycles. The molecule has 2 heterocycles. The number of nitrogens with zero attached hydrogens (tertiary/aromatic N) is 2. The van der Waals surface area contributed by atoms with E-state index in [2.05, 4.69) is 27.1 Å². The molecule has 2 atom stereocenters. The van der Waals surface area contributed by atoms with E-state index in [0.29, 0.717) is 6.04 Å². The van der Waals surface area contributed by atoms with Crippen LogP contribution in [0.1, 0.15) is 26.2 Å². The summed E-state index contributed by atoms with van der Waals surface area (Å²) in [6.45, 7) is 5.49. The molecule has 90 valence electrons. The van der Waals surface area contributed by atoms with E-state index in [1.165, 1.54) is 25.8 Å². The van der Waals surface area contributed by atoms with E-state index in [4.69, 9.17) is 0 Å². The molecule has 0 amide bonds. The Morgan fingerprint density at radius 1 is 1.62 bits per heavy atom. The highest BCUT2D eigenvalue weighted by molar-refractivity contribution is 4.79. The molecule has 1 saturated heterocycles. The van der Waals surface area contributed by atoms with Crippen LogP contribution < -0.4 is 10.6 Å². The normalized spacial score (nSPS) is 22.4. The van der Waals surface area contributed by atoms with Crippen molar-refractivity contribution >= 4 is 0 Å². The van der Waals surface area contributed by atoms with E-state index in [-0.39, 0.29) is 0 Å². The van der Waals surface area contributed by atoms with Crippen LogP contribution in [0.3, 0.4) is 0 Å². The van der Waals surface area contributed by atoms with E-state index in [9.17, 15) is 0 Å². The summed E-state index contributed by atoms with van der Waals surface area (Å²) in [5.41, 5.74) is 0. The van der Waals surface area contributed by atoms with Gasteiger partial charge in [-0.3, -0.25) is 0 Å². The van der Waals surface area contributed by atoms with E-state index in [0.717, 1.165) is 19.1 Å². The van der Waals surface area contributed by atoms with Gasteiger partial charge in [-0.1, -0.05) is 0 Å². The Labute approximate surface area is 97.4 Å². The van der Waals surface area contributed by atoms with Crippen molar-refractivity contribution in [3.8, 4) is 0 Å². The van der Waals surface area contributed by atoms with Crippen molar-refractivity contribution < 1.29 is 0 Å². The first-order chi connectivity index (χ1) is 7.84. The zero-order valence-electron chi connectivity index (χ0n) is 10.0. The molecule has 1 aliphatic rings. The van der Waals surface area contributed by atoms with Gasteiger partial charge in [-0.25, -0.2) is 4.98 Å². The van der Waals surface area contributed by atoms with Gasteiger partial charge in [0.15, 0.2) is 0 Å². The Bertz CT molecular complexity index is 277. The summed E-state index contributed by atoms with van der Waals surface area (Å²) in [7, 11) is 0. The number of hydrogen-bond acceptors (Lipinski definition) is 3. The lowest BCUT2D eigenvalue weighted by molar-refractivity contribution is 0.431. The van der Waals surface area contributed by atoms with Crippen LogP contribution in [0.25, 0.3) is 0 Å². The van der Waals surface area contributed by atoms with Crippen LogP contribution in [0.4, 0.5) is 0 Å². The number of aromatic nitrogens is 2. The minimum absolute atomic E-state index is 0.596. The highest BCUT2D eigenvalue weighted by Crippen LogP contribution is 2.10. The fraction of sp³-hybridized carbons (Fsp3) is 0.750. The van der Waals surface area contributed by atoms with Gasteiger partial charge in [-0.05, 0) is 32.7 Å². The van der Waals surface area contributed by atoms with Crippen LogP contribution in [0.2, 0.25) is 0 Å². The van der Waals surface area contributed by atoms with Crippen LogP contribution in [-0.2, 0) is 6.54 Å². The second-order valence-electron chi connectivity index (χ2n) is 4.68. The second kappa shape index (κ2) is 6.01. The Balaban J connectivity index is 1.58. The minimum Gasteiger partial charge on any atom is -0.336 e. The first-order valence-corrected chi connectivity index (χ1v) is 6.27. The third-order valence-electron chi connectivity index (χ3n) is 3.22. The molecule has 1 aromatic heterocycles. The van der Waals surface area contributed by atoms with Gasteiger partial charge in [0.05, 0.1) is 6.33 Å². The number of imidazole rings is 1. The van der Waals surface area contributed by atoms with Crippen LogP contribution >= 0.6 is 0 Å². The fourth-order valence-corrected chi connectivity index (χ4v) is 2.33. The standard InChI is InChI=1S/C12H22N4/c1-11(9-12-3-2-4-15-12)14-6-8-16-7-5-13-10-16/h5,7,10-12,14-15H,2-4,6,8-9H2,1H3. The topological polar surface area (TPSA) is 41.9 Å². The van der Waals surface area contributed by atoms with Gasteiger partial charge in [-0.15, -0.1) is 0 Å². The van der Waals surface area contributed by atoms with Crippen LogP contribution in [-0.4, -0.2) is 34.7 Å². The molecule has 1 aromatic rings. The molecule has 16 heavy (non-hydrogen) atoms. The summed E-state index contributed by atoms with van der Waals surface area (Å²) < 4.78 is 2.10. The van der Waals surface area contributed by atoms with Gasteiger partial charge in [0.25, 0.3) is 0 Å². The van der Waals surface area contributed by atoms with Crippen molar-refractivity contribution in [2.75, 3.05) is 13.1 Å². The monoisotopic (exact) mass is 222 g/mol. The molecule has 2 unspecified atom stereocenters. The lowest BCUT2D eigenvalue weighted by Gasteiger charge is -2.18. The van der Waals surface area contributed by atoms with Crippen LogP contribution in [0.5, 0.6) is 0 Å². The third kappa shape index (κ3) is 3.61. The first-order valence-electron chi connectivity index (χ1n) is 6.27. The first kappa shape index (κ1) is 11.6. The Morgan fingerprint density at radius 3 is 3.25 bits per heavy atom. The quantitative estimate of drug-likeness (QED) is 0.754. The maximum Gasteiger partial charge on any atom is 0.0946 e. The maximum atomic E-state index is 4.03. The zero-order valence-corrected chi connectivity index (χ0v) is 10.0. The predicted octanol–water partition coefficient (Wildman–Crippen LogP) is 1.00. The predicted molar refractivity (Wildman–Crippen MR) is 65.3 cm³/mol. The van der Waals surface area contributed by atoms with Crippen molar-refractivity contribution in [3.63, 3.8) is 0 Å². The summed E-state index contributed by atoms with van der Waals surface area (Å²) in [5.74, 6) is 0. The zero-order chi connectivity index (χ0) is 11.2. The summed E-state index contributed by atoms with van der Waals surface area (Å²) >= 11 is 0. The Kier molecular flexibility index (Phi) is 4.36. The molecule has 0 radical (unpaired) electrons. The molecule has 2 N–H and O–H groups in total. The smallest absolute Gasteiger partial charge is 0.0946 e. The van der Waals surface area contributed by atoms with Crippen LogP contribution in [0.15, 0.2) is 18.7 Å². The van der Waals surface area contributed by atoms with Gasteiger partial charge in [0.2, 0.25) is 0 Å². The lowest BCUT2D eigenvalue weighted by Crippen LogP contribution is -2.35. The molecule has 1 fully saturated rings. The van der Waals surface area contributed by atoms with Gasteiger partial charge in [0, 0.05) is 37.6 Å². The summed E-state index contributed by atoms with van der Waals surface area (Å²) in [6, 6.07) is 1.33. The van der Waals surface area contributed by atoms with Crippen molar-refractivity contribution in [2.45, 2.75) is 44.8 Å². The molecule has 1 aliphatic heterocycles. The van der Waals surface area contributed by atoms with Crippen molar-refractivity contribution in [1.82, 2.24) is 20.2 Å². The Hall–Kier alpha value is -0.870. The highest BCUT2D eigenvalue weighted by Gasteiger charge is 2.16. The maximum absolute atomic E-state index is 4.03. The second-order valence-corrected chi connectivity index (χ2v) is 4.68. The molecule has 0 aliphatic carbocycles. The van der Waals surface area contributed by atoms with E-state index >= 15 is 0 Å². The third-order valence-corrected chi connectivity index (χ3v) is 3.22.